The number of carboxylic acid groups (broad SMARTS) is 1. The second kappa shape index (κ2) is 64.1. The Kier molecular flexibility index (Phi) is 59.7. The monoisotopic (exact) mass is 1170 g/mol. The molecule has 2 atom stereocenters. The molecule has 0 aromatic carbocycles. The lowest BCUT2D eigenvalue weighted by Crippen LogP contribution is -2.44. The molecule has 0 aliphatic carbocycles. The first-order chi connectivity index (χ1) is 41.6. The summed E-state index contributed by atoms with van der Waals surface area (Å²) in [5.74, 6) is -2.38. The number of nitrogens with zero attached hydrogens (tertiary/aromatic N) is 1. The Morgan fingerprint density at radius 1 is 0.353 bits per heavy atom. The van der Waals surface area contributed by atoms with Gasteiger partial charge >= 0.3 is 11.9 Å². The molecule has 0 aliphatic rings. The van der Waals surface area contributed by atoms with E-state index < -0.39 is 24.3 Å². The molecule has 0 bridgehead atoms. The topological polar surface area (TPSA) is 111 Å². The number of carboxylic acids is 1. The second-order valence-electron chi connectivity index (χ2n) is 21.9. The molecule has 0 aliphatic heterocycles. The van der Waals surface area contributed by atoms with Gasteiger partial charge in [-0.3, -0.25) is 9.59 Å². The van der Waals surface area contributed by atoms with Gasteiger partial charge in [0.05, 0.1) is 40.3 Å². The van der Waals surface area contributed by atoms with E-state index in [1.807, 2.05) is 21.1 Å². The number of unbranched alkanes of at least 4 members (excludes halogenated alkanes) is 10. The molecule has 0 spiro atoms. The van der Waals surface area contributed by atoms with Gasteiger partial charge in [0.2, 0.25) is 0 Å². The van der Waals surface area contributed by atoms with Crippen LogP contribution in [0.15, 0.2) is 194 Å². The molecule has 2 unspecified atom stereocenters. The number of quaternary nitrogens is 1. The predicted molar refractivity (Wildman–Crippen MR) is 361 cm³/mol. The van der Waals surface area contributed by atoms with Crippen LogP contribution in [0.5, 0.6) is 0 Å². The van der Waals surface area contributed by atoms with Crippen LogP contribution in [0.1, 0.15) is 206 Å². The number of aliphatic carboxylic acids is 1. The molecule has 0 aromatic rings. The van der Waals surface area contributed by atoms with Crippen LogP contribution in [0.2, 0.25) is 0 Å². The number of esters is 2. The molecule has 0 aromatic heterocycles. The summed E-state index contributed by atoms with van der Waals surface area (Å²) in [6, 6.07) is 0. The highest BCUT2D eigenvalue weighted by molar-refractivity contribution is 5.70. The zero-order valence-electron chi connectivity index (χ0n) is 53.9. The highest BCUT2D eigenvalue weighted by Gasteiger charge is 2.22. The van der Waals surface area contributed by atoms with Crippen molar-refractivity contribution in [2.45, 2.75) is 219 Å². The Hall–Kier alpha value is -5.87. The quantitative estimate of drug-likeness (QED) is 0.0195. The average molecular weight is 1170 g/mol. The van der Waals surface area contributed by atoms with E-state index in [2.05, 4.69) is 208 Å². The van der Waals surface area contributed by atoms with Gasteiger partial charge in [0.15, 0.2) is 12.4 Å². The normalized spacial score (nSPS) is 14.0. The van der Waals surface area contributed by atoms with Crippen molar-refractivity contribution in [2.24, 2.45) is 0 Å². The van der Waals surface area contributed by atoms with Crippen LogP contribution in [0.3, 0.4) is 0 Å². The van der Waals surface area contributed by atoms with Crippen molar-refractivity contribution in [1.29, 1.82) is 0 Å². The van der Waals surface area contributed by atoms with Crippen LogP contribution in [-0.2, 0) is 33.3 Å². The maximum absolute atomic E-state index is 12.9. The molecule has 0 heterocycles. The fourth-order valence-electron chi connectivity index (χ4n) is 7.92. The maximum atomic E-state index is 12.9. The van der Waals surface area contributed by atoms with Crippen LogP contribution in [0.4, 0.5) is 0 Å². The van der Waals surface area contributed by atoms with E-state index in [4.69, 9.17) is 18.9 Å². The number of likely N-dealkylation sites (N-methyl/N-ethyl adjacent to an activating group) is 1. The average Bonchev–Trinajstić information content (AvgIpc) is 3.49. The molecular weight excluding hydrogens is 1050 g/mol. The first kappa shape index (κ1) is 79.1. The molecule has 9 nitrogen and oxygen atoms in total. The third kappa shape index (κ3) is 65.5. The molecule has 0 rings (SSSR count). The molecular formula is C76H117NO8. The lowest BCUT2D eigenvalue weighted by molar-refractivity contribution is -0.870. The van der Waals surface area contributed by atoms with Crippen LogP contribution >= 0.6 is 0 Å². The lowest BCUT2D eigenvalue weighted by Gasteiger charge is -2.26. The Bertz CT molecular complexity index is 2090. The van der Waals surface area contributed by atoms with E-state index >= 15 is 0 Å². The van der Waals surface area contributed by atoms with Crippen LogP contribution < -0.4 is 5.11 Å². The van der Waals surface area contributed by atoms with Gasteiger partial charge < -0.3 is 33.3 Å². The number of carbonyl (C=O) groups excluding carboxylic acids is 3. The summed E-state index contributed by atoms with van der Waals surface area (Å²) in [6.07, 6.45) is 96.4. The van der Waals surface area contributed by atoms with E-state index in [0.717, 1.165) is 141 Å². The van der Waals surface area contributed by atoms with Gasteiger partial charge in [-0.15, -0.1) is 0 Å². The number of rotatable bonds is 57. The summed E-state index contributed by atoms with van der Waals surface area (Å²) in [7, 11) is 5.89. The number of ether oxygens (including phenoxy) is 4. The van der Waals surface area contributed by atoms with Crippen LogP contribution in [-0.4, -0.2) is 82.3 Å². The SMILES string of the molecule is CC/C=C\C/C=C\C/C=C\C/C=C\C/C=C\C/C=C\C/C=C\C/C=C\C/C=C\C/C=C\C/C=C\C/C=C\CCCCC(=O)OC(COC(=O)CCCCCCCCCC/C=C\C/C=C\C/C=C\C/C=C\CC)COC(OCC[N+](C)(C)C)C(=O)[O-]. The molecule has 474 valence electrons. The van der Waals surface area contributed by atoms with Gasteiger partial charge in [-0.25, -0.2) is 0 Å². The van der Waals surface area contributed by atoms with Gasteiger partial charge in [-0.05, 0) is 141 Å². The third-order valence-electron chi connectivity index (χ3n) is 12.8. The zero-order valence-corrected chi connectivity index (χ0v) is 53.9. The Morgan fingerprint density at radius 3 is 0.965 bits per heavy atom. The molecule has 9 heteroatoms. The summed E-state index contributed by atoms with van der Waals surface area (Å²) in [4.78, 5) is 37.4. The Balaban J connectivity index is 4.33. The smallest absolute Gasteiger partial charge is 0.306 e. The maximum Gasteiger partial charge on any atom is 0.306 e. The number of hydrogen-bond acceptors (Lipinski definition) is 8. The summed E-state index contributed by atoms with van der Waals surface area (Å²) >= 11 is 0. The second-order valence-corrected chi connectivity index (χ2v) is 21.9. The van der Waals surface area contributed by atoms with Crippen LogP contribution in [0, 0.1) is 0 Å². The van der Waals surface area contributed by atoms with Crippen LogP contribution in [0.25, 0.3) is 0 Å². The number of allylic oxidation sites excluding steroid dienone is 32. The minimum absolute atomic E-state index is 0.126. The Morgan fingerprint density at radius 2 is 0.635 bits per heavy atom. The van der Waals surface area contributed by atoms with Crippen molar-refractivity contribution in [3.05, 3.63) is 194 Å². The van der Waals surface area contributed by atoms with Gasteiger partial charge in [-0.1, -0.05) is 247 Å². The van der Waals surface area contributed by atoms with Crippen molar-refractivity contribution >= 4 is 17.9 Å². The summed E-state index contributed by atoms with van der Waals surface area (Å²) < 4.78 is 22.7. The number of hydrogen-bond donors (Lipinski definition) is 0. The van der Waals surface area contributed by atoms with E-state index in [9.17, 15) is 19.5 Å². The minimum atomic E-state index is -1.65. The zero-order chi connectivity index (χ0) is 61.9. The first-order valence-electron chi connectivity index (χ1n) is 32.6. The number of carbonyl (C=O) groups is 3. The standard InChI is InChI=1S/C76H117NO8/c1-6-8-10-12-14-16-18-20-22-24-26-28-29-30-31-32-33-34-35-36-37-38-39-40-41-42-43-44-45-47-49-51-53-55-57-59-61-63-65-67-74(79)85-72(71-84-76(75(80)81)82-69-68-77(3,4)5)70-83-73(78)66-64-62-60-58-56-54-52-50-48-46-27-25-23-21-19-17-15-13-11-9-7-2/h8-11,14-17,20-23,26-28,30-31,33-34,36-37,39-40,42-43,45-47,51,53,57,59,72,76H,6-7,12-13,18-19,24-25,29,32,35,38,41,44,48-50,52,54-56,58,60-71H2,1-5H3/b10-8-,11-9-,16-14-,17-15-,22-20-,23-21-,28-26-,31-30-,34-33-,37-36-,40-39-,43-42-,46-27-,47-45-,53-51-,59-57-. The lowest BCUT2D eigenvalue weighted by atomic mass is 10.1. The van der Waals surface area contributed by atoms with Gasteiger partial charge in [0, 0.05) is 12.8 Å². The molecule has 0 N–H and O–H groups in total. The van der Waals surface area contributed by atoms with Crippen molar-refractivity contribution in [2.75, 3.05) is 47.5 Å². The van der Waals surface area contributed by atoms with Gasteiger partial charge in [0.25, 0.3) is 0 Å². The van der Waals surface area contributed by atoms with E-state index in [-0.39, 0.29) is 38.6 Å². The summed E-state index contributed by atoms with van der Waals surface area (Å²) in [6.45, 7) is 4.43. The molecule has 0 saturated heterocycles. The van der Waals surface area contributed by atoms with Crippen molar-refractivity contribution < 1.29 is 42.9 Å². The van der Waals surface area contributed by atoms with E-state index in [0.29, 0.717) is 23.9 Å². The summed E-state index contributed by atoms with van der Waals surface area (Å²) in [5.41, 5.74) is 0. The molecule has 0 radical (unpaired) electrons. The summed E-state index contributed by atoms with van der Waals surface area (Å²) in [5, 5.41) is 11.8. The molecule has 0 amide bonds. The highest BCUT2D eigenvalue weighted by atomic mass is 16.7. The van der Waals surface area contributed by atoms with Gasteiger partial charge in [0.1, 0.15) is 13.2 Å². The van der Waals surface area contributed by atoms with E-state index in [1.165, 1.54) is 25.7 Å². The fourth-order valence-corrected chi connectivity index (χ4v) is 7.92. The van der Waals surface area contributed by atoms with E-state index in [1.54, 1.807) is 0 Å². The molecule has 0 fully saturated rings. The van der Waals surface area contributed by atoms with Crippen molar-refractivity contribution in [1.82, 2.24) is 0 Å². The molecule has 85 heavy (non-hydrogen) atoms. The Labute approximate surface area is 519 Å². The predicted octanol–water partition coefficient (Wildman–Crippen LogP) is 18.9. The van der Waals surface area contributed by atoms with Crippen molar-refractivity contribution in [3.8, 4) is 0 Å². The third-order valence-corrected chi connectivity index (χ3v) is 12.8. The van der Waals surface area contributed by atoms with Gasteiger partial charge in [-0.2, -0.15) is 0 Å². The minimum Gasteiger partial charge on any atom is -0.545 e. The highest BCUT2D eigenvalue weighted by Crippen LogP contribution is 2.13. The molecule has 0 saturated carbocycles. The van der Waals surface area contributed by atoms with Crippen molar-refractivity contribution in [3.63, 3.8) is 0 Å². The fraction of sp³-hybridized carbons (Fsp3) is 0.539. The first-order valence-corrected chi connectivity index (χ1v) is 32.6. The largest absolute Gasteiger partial charge is 0.545 e.